The minimum atomic E-state index is -1.18. The molecule has 110 valence electrons. The minimum absolute atomic E-state index is 0. The van der Waals surface area contributed by atoms with E-state index in [-0.39, 0.29) is 28.1 Å². The predicted octanol–water partition coefficient (Wildman–Crippen LogP) is -2.84. The summed E-state index contributed by atoms with van der Waals surface area (Å²) in [5.41, 5.74) is 5.46. The van der Waals surface area contributed by atoms with Gasteiger partial charge in [0, 0.05) is 6.20 Å². The molecule has 0 aliphatic carbocycles. The molecule has 0 amide bonds. The van der Waals surface area contributed by atoms with E-state index < -0.39 is 24.5 Å². The van der Waals surface area contributed by atoms with Gasteiger partial charge < -0.3 is 36.7 Å². The Balaban J connectivity index is 0.00000162. The highest BCUT2D eigenvalue weighted by Gasteiger charge is 2.43. The van der Waals surface area contributed by atoms with Gasteiger partial charge in [0.1, 0.15) is 24.1 Å². The summed E-state index contributed by atoms with van der Waals surface area (Å²) in [4.78, 5) is 3.85. The van der Waals surface area contributed by atoms with Gasteiger partial charge in [0.25, 0.3) is 0 Å². The van der Waals surface area contributed by atoms with Crippen LogP contribution in [0.15, 0.2) is 12.3 Å². The Labute approximate surface area is 113 Å². The molecule has 1 aromatic rings. The van der Waals surface area contributed by atoms with E-state index in [1.165, 1.54) is 16.8 Å². The van der Waals surface area contributed by atoms with Crippen molar-refractivity contribution in [3.8, 4) is 0 Å². The van der Waals surface area contributed by atoms with E-state index in [2.05, 4.69) is 4.98 Å². The van der Waals surface area contributed by atoms with E-state index in [0.717, 1.165) is 0 Å². The first-order chi connectivity index (χ1) is 8.04. The number of rotatable bonds is 2. The van der Waals surface area contributed by atoms with E-state index in [1.807, 2.05) is 0 Å². The monoisotopic (exact) mass is 295 g/mol. The number of hydrogen-bond acceptors (Lipinski definition) is 7. The number of aliphatic hydroxyl groups is 3. The molecule has 1 fully saturated rings. The summed E-state index contributed by atoms with van der Waals surface area (Å²) < 4.78 is 6.83. The molecule has 19 heavy (non-hydrogen) atoms. The molecule has 1 aliphatic heterocycles. The summed E-state index contributed by atoms with van der Waals surface area (Å²) in [6.45, 7) is -0.384. The van der Waals surface area contributed by atoms with Crippen LogP contribution in [0.1, 0.15) is 6.23 Å². The van der Waals surface area contributed by atoms with E-state index in [0.29, 0.717) is 0 Å². The molecule has 1 aromatic heterocycles. The summed E-state index contributed by atoms with van der Waals surface area (Å²) in [7, 11) is 0. The smallest absolute Gasteiger partial charge is 0.203 e. The lowest BCUT2D eigenvalue weighted by atomic mass is 10.1. The summed E-state index contributed by atoms with van der Waals surface area (Å²) in [5.74, 6) is 0.262. The third kappa shape index (κ3) is 3.25. The maximum Gasteiger partial charge on any atom is 0.203 e. The van der Waals surface area contributed by atoms with Gasteiger partial charge in [0.15, 0.2) is 6.23 Å². The lowest BCUT2D eigenvalue weighted by Gasteiger charge is -2.18. The zero-order valence-electron chi connectivity index (χ0n) is 9.80. The fraction of sp³-hybridized carbons (Fsp3) is 0.556. The number of nitrogens with zero attached hydrogens (tertiary/aromatic N) is 2. The highest BCUT2D eigenvalue weighted by atomic mass is 32.1. The number of ether oxygens (including phenoxy) is 1. The summed E-state index contributed by atoms with van der Waals surface area (Å²) in [6.07, 6.45) is -2.53. The van der Waals surface area contributed by atoms with Crippen molar-refractivity contribution < 1.29 is 31.0 Å². The van der Waals surface area contributed by atoms with Crippen molar-refractivity contribution in [2.45, 2.75) is 24.5 Å². The van der Waals surface area contributed by atoms with Crippen LogP contribution in [0.2, 0.25) is 0 Å². The van der Waals surface area contributed by atoms with Crippen LogP contribution in [-0.4, -0.2) is 60.7 Å². The molecule has 10 heteroatoms. The molecular formula is C9H17N3O6S. The average Bonchev–Trinajstić information content (AvgIpc) is 2.57. The molecule has 0 bridgehead atoms. The second-order valence-corrected chi connectivity index (χ2v) is 4.14. The maximum absolute atomic E-state index is 9.79. The lowest BCUT2D eigenvalue weighted by molar-refractivity contribution is -0.0540. The first kappa shape index (κ1) is 17.9. The zero-order valence-corrected chi connectivity index (χ0v) is 10.6. The summed E-state index contributed by atoms with van der Waals surface area (Å²) in [5, 5.41) is 28.4. The Hall–Kier alpha value is -1.14. The standard InChI is InChI=1S/C9H13N3O4S.2H2O/c10-5-1-2-12(9(17)11-5)8-7(15)6(14)4(3-13)16-8;;/h1-2,4,6-8,13-15H,3H2,(H2,10,11,17);2*1H2/t4-,6-,7-,8-;;/m1../s1. The van der Waals surface area contributed by atoms with Gasteiger partial charge in [-0.15, -0.1) is 0 Å². The Morgan fingerprint density at radius 3 is 2.47 bits per heavy atom. The number of nitrogens with two attached hydrogens (primary N) is 1. The Morgan fingerprint density at radius 1 is 1.37 bits per heavy atom. The summed E-state index contributed by atoms with van der Waals surface area (Å²) in [6, 6.07) is 1.50. The fourth-order valence-electron chi connectivity index (χ4n) is 1.73. The molecule has 2 rings (SSSR count). The van der Waals surface area contributed by atoms with E-state index in [9.17, 15) is 10.2 Å². The largest absolute Gasteiger partial charge is 0.412 e. The first-order valence-corrected chi connectivity index (χ1v) is 5.42. The van der Waals surface area contributed by atoms with E-state index in [1.54, 1.807) is 0 Å². The van der Waals surface area contributed by atoms with Crippen molar-refractivity contribution in [1.29, 1.82) is 0 Å². The normalized spacial score (nSPS) is 29.4. The molecule has 9 nitrogen and oxygen atoms in total. The number of nitrogen functional groups attached to an aromatic ring is 1. The van der Waals surface area contributed by atoms with Crippen molar-refractivity contribution in [1.82, 2.24) is 9.55 Å². The molecular weight excluding hydrogens is 278 g/mol. The molecule has 2 heterocycles. The van der Waals surface area contributed by atoms with Crippen molar-refractivity contribution in [3.63, 3.8) is 0 Å². The molecule has 0 spiro atoms. The maximum atomic E-state index is 9.79. The number of aromatic nitrogens is 2. The average molecular weight is 295 g/mol. The molecule has 9 N–H and O–H groups in total. The van der Waals surface area contributed by atoms with Crippen LogP contribution in [0, 0.1) is 4.77 Å². The van der Waals surface area contributed by atoms with Crippen LogP contribution in [-0.2, 0) is 4.74 Å². The van der Waals surface area contributed by atoms with E-state index in [4.69, 9.17) is 27.8 Å². The van der Waals surface area contributed by atoms with Gasteiger partial charge in [0.2, 0.25) is 4.77 Å². The van der Waals surface area contributed by atoms with Gasteiger partial charge in [-0.25, -0.2) is 4.98 Å². The highest BCUT2D eigenvalue weighted by molar-refractivity contribution is 7.71. The van der Waals surface area contributed by atoms with Gasteiger partial charge in [0.05, 0.1) is 6.61 Å². The molecule has 0 aromatic carbocycles. The van der Waals surface area contributed by atoms with Crippen LogP contribution in [0.25, 0.3) is 0 Å². The molecule has 0 unspecified atom stereocenters. The first-order valence-electron chi connectivity index (χ1n) is 5.01. The van der Waals surface area contributed by atoms with Crippen molar-refractivity contribution in [2.75, 3.05) is 12.3 Å². The van der Waals surface area contributed by atoms with Gasteiger partial charge in [-0.3, -0.25) is 4.57 Å². The molecule has 1 aliphatic rings. The fourth-order valence-corrected chi connectivity index (χ4v) is 2.00. The van der Waals surface area contributed by atoms with E-state index >= 15 is 0 Å². The third-order valence-electron chi connectivity index (χ3n) is 2.64. The summed E-state index contributed by atoms with van der Waals surface area (Å²) >= 11 is 4.98. The molecule has 0 saturated carbocycles. The number of anilines is 1. The Bertz CT molecular complexity index is 470. The third-order valence-corrected chi connectivity index (χ3v) is 2.94. The van der Waals surface area contributed by atoms with Gasteiger partial charge >= 0.3 is 0 Å². The van der Waals surface area contributed by atoms with Gasteiger partial charge in [-0.2, -0.15) is 0 Å². The molecule has 1 saturated heterocycles. The van der Waals surface area contributed by atoms with Crippen molar-refractivity contribution in [2.24, 2.45) is 0 Å². The van der Waals surface area contributed by atoms with Crippen molar-refractivity contribution >= 4 is 18.0 Å². The second-order valence-electron chi connectivity index (χ2n) is 3.77. The predicted molar refractivity (Wildman–Crippen MR) is 67.7 cm³/mol. The van der Waals surface area contributed by atoms with Gasteiger partial charge in [-0.05, 0) is 18.3 Å². The second kappa shape index (κ2) is 6.86. The Morgan fingerprint density at radius 2 is 2.00 bits per heavy atom. The van der Waals surface area contributed by atoms with Crippen LogP contribution in [0.4, 0.5) is 5.82 Å². The van der Waals surface area contributed by atoms with Crippen LogP contribution >= 0.6 is 12.2 Å². The van der Waals surface area contributed by atoms with Crippen LogP contribution in [0.3, 0.4) is 0 Å². The number of aliphatic hydroxyl groups excluding tert-OH is 3. The van der Waals surface area contributed by atoms with Crippen molar-refractivity contribution in [3.05, 3.63) is 17.0 Å². The van der Waals surface area contributed by atoms with Gasteiger partial charge in [-0.1, -0.05) is 0 Å². The SMILES string of the molecule is Nc1ccn([C@@H]2O[C@H](CO)[C@@H](O)[C@H]2O)c(=S)n1.O.O. The highest BCUT2D eigenvalue weighted by Crippen LogP contribution is 2.29. The minimum Gasteiger partial charge on any atom is -0.412 e. The number of hydrogen-bond donors (Lipinski definition) is 4. The Kier molecular flexibility index (Phi) is 6.45. The topological polar surface area (TPSA) is 177 Å². The molecule has 0 radical (unpaired) electrons. The van der Waals surface area contributed by atoms with Crippen LogP contribution < -0.4 is 5.73 Å². The quantitative estimate of drug-likeness (QED) is 0.424. The van der Waals surface area contributed by atoms with Crippen LogP contribution in [0.5, 0.6) is 0 Å². The lowest BCUT2D eigenvalue weighted by Crippen LogP contribution is -2.33. The zero-order chi connectivity index (χ0) is 12.6. The molecule has 4 atom stereocenters.